The topological polar surface area (TPSA) is 179 Å². The van der Waals surface area contributed by atoms with E-state index >= 15 is 0 Å². The summed E-state index contributed by atoms with van der Waals surface area (Å²) in [6.07, 6.45) is 0. The van der Waals surface area contributed by atoms with Crippen LogP contribution < -0.4 is 0 Å². The summed E-state index contributed by atoms with van der Waals surface area (Å²) in [7, 11) is -10.2. The highest BCUT2D eigenvalue weighted by molar-refractivity contribution is 7.92. The lowest BCUT2D eigenvalue weighted by molar-refractivity contribution is 0.102. The minimum Gasteiger partial charge on any atom is -0.289 e. The highest BCUT2D eigenvalue weighted by atomic mass is 32.2. The van der Waals surface area contributed by atoms with Gasteiger partial charge in [0.2, 0.25) is 29.5 Å². The van der Waals surface area contributed by atoms with Crippen molar-refractivity contribution in [3.63, 3.8) is 0 Å². The van der Waals surface area contributed by atoms with Crippen LogP contribution in [-0.4, -0.2) is 51.4 Å². The predicted octanol–water partition coefficient (Wildman–Crippen LogP) is 27.0. The fourth-order valence-corrected chi connectivity index (χ4v) is 26.3. The molecule has 2 spiro atoms. The summed E-state index contributed by atoms with van der Waals surface area (Å²) in [5, 5.41) is 0. The van der Waals surface area contributed by atoms with Crippen molar-refractivity contribution in [2.45, 2.75) is 123 Å². The van der Waals surface area contributed by atoms with Crippen LogP contribution in [0.5, 0.6) is 0 Å². The van der Waals surface area contributed by atoms with Crippen LogP contribution in [-0.2, 0) is 40.3 Å². The predicted molar refractivity (Wildman–Crippen MR) is 536 cm³/mol. The molecule has 0 fully saturated rings. The van der Waals surface area contributed by atoms with Crippen LogP contribution >= 0.6 is 11.7 Å². The van der Waals surface area contributed by atoms with Crippen molar-refractivity contribution >= 4 is 69.6 Å². The molecule has 25 rings (SSSR count). The van der Waals surface area contributed by atoms with E-state index in [1.807, 2.05) is 126 Å². The summed E-state index contributed by atoms with van der Waals surface area (Å²) in [4.78, 5) is 41.3. The molecule has 0 saturated heterocycles. The molecule has 656 valence electrons. The van der Waals surface area contributed by atoms with E-state index in [2.05, 4.69) is 244 Å². The van der Waals surface area contributed by atoms with Crippen molar-refractivity contribution in [1.82, 2.24) is 8.75 Å². The normalized spacial score (nSPS) is 14.5. The molecular weight excluding hydrogens is 1730 g/mol. The van der Waals surface area contributed by atoms with Crippen molar-refractivity contribution in [2.24, 2.45) is 0 Å². The minimum absolute atomic E-state index is 0.111. The van der Waals surface area contributed by atoms with Crippen LogP contribution in [0.4, 0.5) is 0 Å². The van der Waals surface area contributed by atoms with Gasteiger partial charge in [0.1, 0.15) is 11.0 Å². The Bertz CT molecular complexity index is 7990. The third kappa shape index (κ3) is 14.2. The fourth-order valence-electron chi connectivity index (χ4n) is 20.6. The standard InChI is InChI=1S/2C28H20O.C20H16N2S.C15H12O3S.2C14H12O2S/c1-17-11-13-19-20-14-12-18(2)16-26(20)28(25(19)15-17)23-9-5-3-7-21(23)27(29)22-8-4-6-10-24(22)28;1-17-11-13-21-25(15-17)28(26-16-18(2)12-14-22(26)27(21)29)23-9-5-3-7-19(23)20-8-4-6-10-24(20)28;1-13-3-7-15(8-4-13)17-11-12-18(20-19(17)21-23-22-20)16-9-5-14(2)6-10-16;1-9-3-5-13-11(7-9)15(16)12-8-10(2)4-6-14(12)19(13,17)18;1-9-3-5-13-11(7-9)12-8-10(2)4-6-14(12)17(13,15)16;1-9-3-5-11-12-6-4-10(2)8-14(12)17(15,16)13(11)7-9/h2*3-16H,1-2H3;3-12H,1-2H3;3-8H,1-2H3;2*3-8H,1-2H3. The maximum atomic E-state index is 13.5. The first-order chi connectivity index (χ1) is 64.4. The average Bonchev–Trinajstić information content (AvgIpc) is 1.51. The van der Waals surface area contributed by atoms with Crippen LogP contribution in [0.1, 0.15) is 159 Å². The van der Waals surface area contributed by atoms with Gasteiger partial charge in [0.05, 0.1) is 51.9 Å². The number of hydrogen-bond acceptors (Lipinski definition) is 12. The lowest BCUT2D eigenvalue weighted by Crippen LogP contribution is -2.36. The van der Waals surface area contributed by atoms with Gasteiger partial charge in [-0.2, -0.15) is 8.75 Å². The van der Waals surface area contributed by atoms with Gasteiger partial charge < -0.3 is 0 Å². The highest BCUT2D eigenvalue weighted by Gasteiger charge is 2.54. The Kier molecular flexibility index (Phi) is 21.7. The van der Waals surface area contributed by atoms with E-state index in [1.165, 1.54) is 113 Å². The Labute approximate surface area is 786 Å². The van der Waals surface area contributed by atoms with Gasteiger partial charge in [-0.1, -0.05) is 347 Å². The van der Waals surface area contributed by atoms with Crippen LogP contribution in [0.3, 0.4) is 0 Å². The molecule has 11 nitrogen and oxygen atoms in total. The molecule has 1 aromatic heterocycles. The summed E-state index contributed by atoms with van der Waals surface area (Å²) >= 11 is 1.28. The van der Waals surface area contributed by atoms with E-state index in [0.29, 0.717) is 19.6 Å². The number of fused-ring (bicyclic) bond motifs is 27. The van der Waals surface area contributed by atoms with Crippen molar-refractivity contribution < 1.29 is 39.6 Å². The van der Waals surface area contributed by atoms with Gasteiger partial charge in [0.15, 0.2) is 17.3 Å². The van der Waals surface area contributed by atoms with Gasteiger partial charge in [-0.15, -0.1) is 0 Å². The summed E-state index contributed by atoms with van der Waals surface area (Å²) in [6, 6.07) is 113. The van der Waals surface area contributed by atoms with Crippen LogP contribution in [0, 0.1) is 83.1 Å². The number of ketones is 3. The number of carbonyl (C=O) groups is 3. The van der Waals surface area contributed by atoms with Gasteiger partial charge in [-0.25, -0.2) is 25.3 Å². The summed E-state index contributed by atoms with van der Waals surface area (Å²) in [5.74, 6) is 0.0341. The summed E-state index contributed by atoms with van der Waals surface area (Å²) in [6.45, 7) is 24.2. The Balaban J connectivity index is 0.000000101. The Hall–Kier alpha value is -14.6. The molecule has 0 N–H and O–H groups in total. The lowest BCUT2D eigenvalue weighted by Gasteiger charge is -2.39. The van der Waals surface area contributed by atoms with Gasteiger partial charge in [-0.05, 0) is 221 Å². The largest absolute Gasteiger partial charge is 0.289 e. The second kappa shape index (κ2) is 33.3. The van der Waals surface area contributed by atoms with Gasteiger partial charge in [0.25, 0.3) is 0 Å². The number of aryl methyl sites for hydroxylation is 12. The number of aromatic nitrogens is 2. The van der Waals surface area contributed by atoms with Gasteiger partial charge >= 0.3 is 0 Å². The summed E-state index contributed by atoms with van der Waals surface area (Å²) < 4.78 is 83.5. The van der Waals surface area contributed by atoms with Crippen molar-refractivity contribution in [3.05, 3.63) is 484 Å². The molecule has 4 aliphatic carbocycles. The maximum Gasteiger partial charge on any atom is 0.208 e. The average molecular weight is 1820 g/mol. The van der Waals surface area contributed by atoms with Crippen molar-refractivity contribution in [1.29, 1.82) is 0 Å². The second-order valence-corrected chi connectivity index (χ2v) is 42.4. The number of benzene rings is 17. The molecule has 0 atom stereocenters. The fraction of sp³-hybridized carbons (Fsp3) is 0.118. The highest BCUT2D eigenvalue weighted by Crippen LogP contribution is 2.62. The van der Waals surface area contributed by atoms with E-state index < -0.39 is 40.3 Å². The van der Waals surface area contributed by atoms with E-state index in [-0.39, 0.29) is 38.3 Å². The molecule has 7 aliphatic rings. The zero-order chi connectivity index (χ0) is 93.5. The maximum absolute atomic E-state index is 13.5. The molecule has 4 heterocycles. The molecular formula is C119H92N2O9S4. The Morgan fingerprint density at radius 1 is 0.187 bits per heavy atom. The number of sulfone groups is 3. The monoisotopic (exact) mass is 1820 g/mol. The quantitative estimate of drug-likeness (QED) is 0.161. The Morgan fingerprint density at radius 3 is 0.746 bits per heavy atom. The first-order valence-electron chi connectivity index (χ1n) is 44.6. The van der Waals surface area contributed by atoms with E-state index in [0.717, 1.165) is 122 Å². The molecule has 3 aliphatic heterocycles. The molecule has 17 aromatic carbocycles. The molecule has 134 heavy (non-hydrogen) atoms. The summed E-state index contributed by atoms with van der Waals surface area (Å²) in [5.41, 5.74) is 40.6. The third-order valence-electron chi connectivity index (χ3n) is 27.0. The number of hydrogen-bond donors (Lipinski definition) is 0. The Morgan fingerprint density at radius 2 is 0.403 bits per heavy atom. The minimum atomic E-state index is -3.59. The van der Waals surface area contributed by atoms with E-state index in [9.17, 15) is 39.6 Å². The molecule has 0 saturated carbocycles. The van der Waals surface area contributed by atoms with E-state index in [1.54, 1.807) is 48.5 Å². The molecule has 18 aromatic rings. The molecule has 0 unspecified atom stereocenters. The van der Waals surface area contributed by atoms with Gasteiger partial charge in [0, 0.05) is 66.8 Å². The zero-order valence-electron chi connectivity index (χ0n) is 76.0. The third-order valence-corrected chi connectivity index (χ3v) is 33.1. The smallest absolute Gasteiger partial charge is 0.208 e. The molecule has 0 bridgehead atoms. The zero-order valence-corrected chi connectivity index (χ0v) is 79.3. The van der Waals surface area contributed by atoms with E-state index in [4.69, 9.17) is 0 Å². The molecule has 15 heteroatoms. The molecule has 0 radical (unpaired) electrons. The van der Waals surface area contributed by atoms with Crippen molar-refractivity contribution in [2.75, 3.05) is 0 Å². The molecule has 0 amide bonds. The first-order valence-corrected chi connectivity index (χ1v) is 49.8. The number of nitrogens with zero attached hydrogens (tertiary/aromatic N) is 2. The van der Waals surface area contributed by atoms with Gasteiger partial charge in [-0.3, -0.25) is 14.4 Å². The number of carbonyl (C=O) groups excluding carboxylic acids is 3. The van der Waals surface area contributed by atoms with Crippen LogP contribution in [0.15, 0.2) is 369 Å². The second-order valence-electron chi connectivity index (χ2n) is 36.2. The van der Waals surface area contributed by atoms with Crippen molar-refractivity contribution in [3.8, 4) is 66.8 Å². The van der Waals surface area contributed by atoms with Crippen LogP contribution in [0.2, 0.25) is 0 Å². The van der Waals surface area contributed by atoms with Crippen LogP contribution in [0.25, 0.3) is 77.8 Å². The SMILES string of the molecule is Cc1ccc(-c2ccc(-c3ccc(C)cc3)c3nsnc23)cc1.Cc1ccc2c(c1)-c1cc(C)ccc1S2(=O)=O.Cc1ccc2c(c1)C(=O)c1cc(C)ccc1S2(=O)=O.Cc1ccc2c(c1)C1(c3cc(C)ccc3C2=O)c2ccccc2-c2ccccc21.Cc1ccc2c(c1)C1(c3ccccc3C(=O)c3ccccc31)c1cc(C)ccc1-2.Cc1ccc2c(c1)S(=O)(=O)c1cc(C)ccc1-2. The first kappa shape index (κ1) is 87.4. The lowest BCUT2D eigenvalue weighted by atomic mass is 9.61. The number of rotatable bonds is 2.